The van der Waals surface area contributed by atoms with Gasteiger partial charge in [-0.25, -0.2) is 9.37 Å². The lowest BCUT2D eigenvalue weighted by atomic mass is 10.1. The van der Waals surface area contributed by atoms with E-state index in [9.17, 15) is 9.59 Å². The van der Waals surface area contributed by atoms with E-state index in [0.29, 0.717) is 28.9 Å². The van der Waals surface area contributed by atoms with Crippen LogP contribution in [-0.4, -0.2) is 27.1 Å². The zero-order chi connectivity index (χ0) is 20.9. The van der Waals surface area contributed by atoms with E-state index in [1.54, 1.807) is 16.2 Å². The molecule has 2 aromatic heterocycles. The molecule has 0 aliphatic rings. The van der Waals surface area contributed by atoms with Gasteiger partial charge in [-0.05, 0) is 19.9 Å². The summed E-state index contributed by atoms with van der Waals surface area (Å²) in [6.07, 6.45) is 1.51. The average Bonchev–Trinajstić information content (AvgIpc) is 3.06. The van der Waals surface area contributed by atoms with Crippen molar-refractivity contribution in [2.24, 2.45) is 7.05 Å². The molecule has 0 aliphatic heterocycles. The molecule has 0 spiro atoms. The van der Waals surface area contributed by atoms with Crippen LogP contribution in [0.1, 0.15) is 22.8 Å². The molecule has 29 heavy (non-hydrogen) atoms. The molecule has 0 saturated heterocycles. The molecule has 0 radical (unpaired) electrons. The highest BCUT2D eigenvalue weighted by Crippen LogP contribution is 2.31. The first-order valence-corrected chi connectivity index (χ1v) is 9.38. The van der Waals surface area contributed by atoms with E-state index < -0.39 is 17.2 Å². The second kappa shape index (κ2) is 6.84. The van der Waals surface area contributed by atoms with Gasteiger partial charge < -0.3 is 14.5 Å². The van der Waals surface area contributed by atoms with Gasteiger partial charge in [0.1, 0.15) is 28.2 Å². The van der Waals surface area contributed by atoms with Gasteiger partial charge in [0.2, 0.25) is 5.43 Å². The standard InChI is InChI=1S/C22H21FN4O2/c1-5-27-11-15(22(29)24-3)20(28)14-10-16(23)19-17(18(14)27)25-21(26(19)4)13-8-6-12(2)7-9-13/h6-11H,5H2,1-4H3,(H,24,29). The third-order valence-electron chi connectivity index (χ3n) is 5.26. The summed E-state index contributed by atoms with van der Waals surface area (Å²) < 4.78 is 18.6. The Kier molecular flexibility index (Phi) is 4.45. The second-order valence-electron chi connectivity index (χ2n) is 7.05. The molecular weight excluding hydrogens is 371 g/mol. The number of aryl methyl sites for hydroxylation is 3. The van der Waals surface area contributed by atoms with Crippen LogP contribution in [0.4, 0.5) is 4.39 Å². The van der Waals surface area contributed by atoms with Crippen LogP contribution in [0.25, 0.3) is 33.3 Å². The molecule has 0 fully saturated rings. The molecule has 2 aromatic carbocycles. The van der Waals surface area contributed by atoms with E-state index in [1.165, 1.54) is 19.3 Å². The van der Waals surface area contributed by atoms with E-state index in [0.717, 1.165) is 11.1 Å². The van der Waals surface area contributed by atoms with E-state index in [-0.39, 0.29) is 10.9 Å². The molecule has 0 bridgehead atoms. The number of carbonyl (C=O) groups is 1. The fourth-order valence-corrected chi connectivity index (χ4v) is 3.72. The highest BCUT2D eigenvalue weighted by Gasteiger charge is 2.22. The minimum atomic E-state index is -0.547. The number of benzene rings is 2. The number of imidazole rings is 1. The number of amides is 1. The summed E-state index contributed by atoms with van der Waals surface area (Å²) in [5.74, 6) is -0.437. The summed E-state index contributed by atoms with van der Waals surface area (Å²) in [5, 5.41) is 2.61. The maximum atomic E-state index is 15.1. The van der Waals surface area contributed by atoms with Crippen molar-refractivity contribution in [3.05, 3.63) is 63.7 Å². The van der Waals surface area contributed by atoms with Gasteiger partial charge in [-0.3, -0.25) is 9.59 Å². The Hall–Kier alpha value is -3.48. The van der Waals surface area contributed by atoms with Crippen LogP contribution in [0.15, 0.2) is 41.3 Å². The summed E-state index contributed by atoms with van der Waals surface area (Å²) in [6, 6.07) is 9.03. The van der Waals surface area contributed by atoms with Crippen molar-refractivity contribution in [3.63, 3.8) is 0 Å². The maximum Gasteiger partial charge on any atom is 0.256 e. The fraction of sp³-hybridized carbons (Fsp3) is 0.227. The predicted molar refractivity (Wildman–Crippen MR) is 112 cm³/mol. The Morgan fingerprint density at radius 2 is 1.90 bits per heavy atom. The van der Waals surface area contributed by atoms with Crippen LogP contribution >= 0.6 is 0 Å². The molecule has 1 amide bonds. The van der Waals surface area contributed by atoms with Crippen LogP contribution in [-0.2, 0) is 13.6 Å². The highest BCUT2D eigenvalue weighted by atomic mass is 19.1. The number of nitrogens with zero attached hydrogens (tertiary/aromatic N) is 3. The third kappa shape index (κ3) is 2.81. The van der Waals surface area contributed by atoms with Gasteiger partial charge in [-0.15, -0.1) is 0 Å². The predicted octanol–water partition coefficient (Wildman–Crippen LogP) is 3.38. The Morgan fingerprint density at radius 3 is 2.52 bits per heavy atom. The number of hydrogen-bond acceptors (Lipinski definition) is 3. The first-order chi connectivity index (χ1) is 13.9. The summed E-state index contributed by atoms with van der Waals surface area (Å²) >= 11 is 0. The summed E-state index contributed by atoms with van der Waals surface area (Å²) in [6.45, 7) is 4.39. The molecule has 4 aromatic rings. The molecule has 1 N–H and O–H groups in total. The summed E-state index contributed by atoms with van der Waals surface area (Å²) in [4.78, 5) is 29.8. The zero-order valence-electron chi connectivity index (χ0n) is 16.7. The first kappa shape index (κ1) is 18.9. The van der Waals surface area contributed by atoms with Gasteiger partial charge in [0.25, 0.3) is 5.91 Å². The number of fused-ring (bicyclic) bond motifs is 3. The fourth-order valence-electron chi connectivity index (χ4n) is 3.72. The maximum absolute atomic E-state index is 15.1. The minimum Gasteiger partial charge on any atom is -0.355 e. The number of aromatic nitrogens is 3. The van der Waals surface area contributed by atoms with E-state index in [1.807, 2.05) is 38.1 Å². The van der Waals surface area contributed by atoms with Gasteiger partial charge in [-0.2, -0.15) is 0 Å². The SMILES string of the molecule is CCn1cc(C(=O)NC)c(=O)c2cc(F)c3c(nc(-c4ccc(C)cc4)n3C)c21. The lowest BCUT2D eigenvalue weighted by molar-refractivity contribution is 0.0961. The van der Waals surface area contributed by atoms with E-state index in [4.69, 9.17) is 4.98 Å². The number of nitrogens with one attached hydrogen (secondary N) is 1. The van der Waals surface area contributed by atoms with Crippen molar-refractivity contribution >= 4 is 27.8 Å². The van der Waals surface area contributed by atoms with Gasteiger partial charge >= 0.3 is 0 Å². The first-order valence-electron chi connectivity index (χ1n) is 9.38. The molecule has 7 heteroatoms. The summed E-state index contributed by atoms with van der Waals surface area (Å²) in [7, 11) is 3.21. The van der Waals surface area contributed by atoms with Gasteiger partial charge in [0.15, 0.2) is 0 Å². The number of rotatable bonds is 3. The summed E-state index contributed by atoms with van der Waals surface area (Å²) in [5.41, 5.74) is 2.70. The molecule has 2 heterocycles. The highest BCUT2D eigenvalue weighted by molar-refractivity contribution is 6.06. The molecule has 4 rings (SSSR count). The van der Waals surface area contributed by atoms with Crippen molar-refractivity contribution in [1.82, 2.24) is 19.4 Å². The smallest absolute Gasteiger partial charge is 0.256 e. The van der Waals surface area contributed by atoms with Gasteiger partial charge in [0.05, 0.1) is 10.9 Å². The molecule has 0 atom stereocenters. The second-order valence-corrected chi connectivity index (χ2v) is 7.05. The topological polar surface area (TPSA) is 68.9 Å². The quantitative estimate of drug-likeness (QED) is 0.581. The number of halogens is 1. The normalized spacial score (nSPS) is 11.3. The molecule has 0 aliphatic carbocycles. The van der Waals surface area contributed by atoms with Crippen molar-refractivity contribution in [2.75, 3.05) is 7.05 Å². The third-order valence-corrected chi connectivity index (χ3v) is 5.26. The van der Waals surface area contributed by atoms with Crippen LogP contribution in [0, 0.1) is 12.7 Å². The van der Waals surface area contributed by atoms with Gasteiger partial charge in [0, 0.05) is 32.4 Å². The zero-order valence-corrected chi connectivity index (χ0v) is 16.7. The van der Waals surface area contributed by atoms with Crippen molar-refractivity contribution in [2.45, 2.75) is 20.4 Å². The molecular formula is C22H21FN4O2. The van der Waals surface area contributed by atoms with Crippen LogP contribution in [0.5, 0.6) is 0 Å². The van der Waals surface area contributed by atoms with E-state index >= 15 is 4.39 Å². The number of carbonyl (C=O) groups excluding carboxylic acids is 1. The van der Waals surface area contributed by atoms with Crippen LogP contribution in [0.3, 0.4) is 0 Å². The molecule has 6 nitrogen and oxygen atoms in total. The molecule has 0 unspecified atom stereocenters. The van der Waals surface area contributed by atoms with Crippen molar-refractivity contribution in [1.29, 1.82) is 0 Å². The Balaban J connectivity index is 2.14. The molecule has 0 saturated carbocycles. The van der Waals surface area contributed by atoms with Crippen molar-refractivity contribution in [3.8, 4) is 11.4 Å². The lowest BCUT2D eigenvalue weighted by Gasteiger charge is -2.12. The van der Waals surface area contributed by atoms with Crippen LogP contribution < -0.4 is 10.7 Å². The van der Waals surface area contributed by atoms with E-state index in [2.05, 4.69) is 5.32 Å². The van der Waals surface area contributed by atoms with Crippen molar-refractivity contribution < 1.29 is 9.18 Å². The Bertz CT molecular complexity index is 1330. The lowest BCUT2D eigenvalue weighted by Crippen LogP contribution is -2.27. The van der Waals surface area contributed by atoms with Gasteiger partial charge in [-0.1, -0.05) is 29.8 Å². The minimum absolute atomic E-state index is 0.0183. The average molecular weight is 392 g/mol. The molecule has 148 valence electrons. The Morgan fingerprint density at radius 1 is 1.21 bits per heavy atom. The Labute approximate surface area is 166 Å². The monoisotopic (exact) mass is 392 g/mol. The number of pyridine rings is 1. The van der Waals surface area contributed by atoms with Crippen LogP contribution in [0.2, 0.25) is 0 Å². The largest absolute Gasteiger partial charge is 0.355 e. The number of hydrogen-bond donors (Lipinski definition) is 1.